The number of carbonyl (C=O) groups is 1. The Labute approximate surface area is 145 Å². The molecule has 4 nitrogen and oxygen atoms in total. The predicted octanol–water partition coefficient (Wildman–Crippen LogP) is 4.52. The number of ether oxygens (including phenoxy) is 2. The molecule has 2 rings (SSSR count). The third kappa shape index (κ3) is 4.99. The molecule has 1 N–H and O–H groups in total. The first-order chi connectivity index (χ1) is 11.7. The molecule has 0 radical (unpaired) electrons. The van der Waals surface area contributed by atoms with Crippen LogP contribution >= 0.6 is 11.6 Å². The van der Waals surface area contributed by atoms with Gasteiger partial charge in [0, 0.05) is 5.02 Å². The minimum atomic E-state index is -4.65. The molecule has 0 aliphatic rings. The Kier molecular flexibility index (Phi) is 5.73. The summed E-state index contributed by atoms with van der Waals surface area (Å²) in [6.45, 7) is -0.700. The van der Waals surface area contributed by atoms with E-state index >= 15 is 0 Å². The SMILES string of the molecule is COc1ccc(Cl)cc1NC(=O)COc1cc(C(F)(F)F)ccc1F. The van der Waals surface area contributed by atoms with Gasteiger partial charge in [-0.25, -0.2) is 4.39 Å². The van der Waals surface area contributed by atoms with E-state index in [1.54, 1.807) is 6.07 Å². The Balaban J connectivity index is 2.07. The van der Waals surface area contributed by atoms with Crippen LogP contribution in [0.15, 0.2) is 36.4 Å². The average molecular weight is 378 g/mol. The maximum atomic E-state index is 13.5. The summed E-state index contributed by atoms with van der Waals surface area (Å²) >= 11 is 5.82. The van der Waals surface area contributed by atoms with Crippen molar-refractivity contribution in [2.75, 3.05) is 19.0 Å². The highest BCUT2D eigenvalue weighted by Gasteiger charge is 2.31. The molecule has 0 fully saturated rings. The standard InChI is InChI=1S/C16H12ClF4NO3/c1-24-13-5-3-10(17)7-12(13)22-15(23)8-25-14-6-9(16(19,20)21)2-4-11(14)18/h2-7H,8H2,1H3,(H,22,23). The minimum absolute atomic E-state index is 0.244. The summed E-state index contributed by atoms with van der Waals surface area (Å²) in [4.78, 5) is 11.9. The number of alkyl halides is 3. The smallest absolute Gasteiger partial charge is 0.416 e. The molecular weight excluding hydrogens is 366 g/mol. The monoisotopic (exact) mass is 377 g/mol. The van der Waals surface area contributed by atoms with Gasteiger partial charge in [-0.3, -0.25) is 4.79 Å². The highest BCUT2D eigenvalue weighted by molar-refractivity contribution is 6.31. The lowest BCUT2D eigenvalue weighted by Crippen LogP contribution is -2.21. The first-order valence-electron chi connectivity index (χ1n) is 6.83. The molecule has 0 heterocycles. The van der Waals surface area contributed by atoms with E-state index < -0.39 is 35.8 Å². The van der Waals surface area contributed by atoms with Crippen LogP contribution in [0.1, 0.15) is 5.56 Å². The molecule has 0 saturated heterocycles. The number of rotatable bonds is 5. The van der Waals surface area contributed by atoms with Gasteiger partial charge >= 0.3 is 6.18 Å². The van der Waals surface area contributed by atoms with Crippen molar-refractivity contribution in [3.05, 3.63) is 52.8 Å². The normalized spacial score (nSPS) is 11.1. The molecule has 0 aromatic heterocycles. The number of anilines is 1. The second kappa shape index (κ2) is 7.60. The minimum Gasteiger partial charge on any atom is -0.495 e. The fourth-order valence-corrected chi connectivity index (χ4v) is 2.07. The van der Waals surface area contributed by atoms with Crippen LogP contribution in [0.4, 0.5) is 23.2 Å². The van der Waals surface area contributed by atoms with E-state index in [9.17, 15) is 22.4 Å². The van der Waals surface area contributed by atoms with E-state index in [0.717, 1.165) is 0 Å². The number of halogens is 5. The summed E-state index contributed by atoms with van der Waals surface area (Å²) in [6.07, 6.45) is -4.65. The third-order valence-electron chi connectivity index (χ3n) is 3.05. The zero-order valence-electron chi connectivity index (χ0n) is 12.8. The lowest BCUT2D eigenvalue weighted by molar-refractivity contribution is -0.137. The first-order valence-corrected chi connectivity index (χ1v) is 7.21. The highest BCUT2D eigenvalue weighted by atomic mass is 35.5. The van der Waals surface area contributed by atoms with Gasteiger partial charge in [-0.15, -0.1) is 0 Å². The Morgan fingerprint density at radius 1 is 1.16 bits per heavy atom. The third-order valence-corrected chi connectivity index (χ3v) is 3.29. The molecule has 0 aliphatic heterocycles. The van der Waals surface area contributed by atoms with Crippen molar-refractivity contribution in [3.63, 3.8) is 0 Å². The van der Waals surface area contributed by atoms with Gasteiger partial charge in [-0.2, -0.15) is 13.2 Å². The fourth-order valence-electron chi connectivity index (χ4n) is 1.90. The summed E-state index contributed by atoms with van der Waals surface area (Å²) in [5.41, 5.74) is -0.839. The average Bonchev–Trinajstić information content (AvgIpc) is 2.53. The van der Waals surface area contributed by atoms with Gasteiger partial charge in [0.25, 0.3) is 5.91 Å². The Hall–Kier alpha value is -2.48. The maximum absolute atomic E-state index is 13.5. The number of carbonyl (C=O) groups excluding carboxylic acids is 1. The van der Waals surface area contributed by atoms with Crippen LogP contribution in [0.5, 0.6) is 11.5 Å². The summed E-state index contributed by atoms with van der Waals surface area (Å²) in [6, 6.07) is 6.18. The highest BCUT2D eigenvalue weighted by Crippen LogP contribution is 2.32. The molecular formula is C16H12ClF4NO3. The van der Waals surface area contributed by atoms with Crippen LogP contribution in [0, 0.1) is 5.82 Å². The molecule has 0 saturated carbocycles. The number of benzene rings is 2. The Morgan fingerprint density at radius 3 is 2.52 bits per heavy atom. The van der Waals surface area contributed by atoms with Gasteiger partial charge < -0.3 is 14.8 Å². The van der Waals surface area contributed by atoms with Gasteiger partial charge in [0.15, 0.2) is 18.2 Å². The van der Waals surface area contributed by atoms with Crippen LogP contribution in [0.3, 0.4) is 0 Å². The van der Waals surface area contributed by atoms with E-state index in [1.807, 2.05) is 0 Å². The lowest BCUT2D eigenvalue weighted by atomic mass is 10.2. The summed E-state index contributed by atoms with van der Waals surface area (Å²) in [5.74, 6) is -2.09. The van der Waals surface area contributed by atoms with E-state index in [0.29, 0.717) is 29.0 Å². The molecule has 2 aromatic rings. The number of amides is 1. The summed E-state index contributed by atoms with van der Waals surface area (Å²) in [7, 11) is 1.38. The first kappa shape index (κ1) is 18.9. The number of methoxy groups -OCH3 is 1. The van der Waals surface area contributed by atoms with Gasteiger partial charge in [0.05, 0.1) is 18.4 Å². The van der Waals surface area contributed by atoms with Crippen LogP contribution in [0.2, 0.25) is 5.02 Å². The molecule has 0 bridgehead atoms. The van der Waals surface area contributed by atoms with Crippen molar-refractivity contribution in [2.45, 2.75) is 6.18 Å². The van der Waals surface area contributed by atoms with Crippen molar-refractivity contribution in [3.8, 4) is 11.5 Å². The molecule has 1 amide bonds. The topological polar surface area (TPSA) is 47.6 Å². The van der Waals surface area contributed by atoms with Gasteiger partial charge in [-0.05, 0) is 36.4 Å². The Morgan fingerprint density at radius 2 is 1.88 bits per heavy atom. The molecule has 2 aromatic carbocycles. The number of hydrogen-bond donors (Lipinski definition) is 1. The molecule has 0 unspecified atom stereocenters. The predicted molar refractivity (Wildman–Crippen MR) is 83.5 cm³/mol. The molecule has 134 valence electrons. The maximum Gasteiger partial charge on any atom is 0.416 e. The molecule has 0 aliphatic carbocycles. The largest absolute Gasteiger partial charge is 0.495 e. The quantitative estimate of drug-likeness (QED) is 0.779. The zero-order valence-corrected chi connectivity index (χ0v) is 13.5. The number of hydrogen-bond acceptors (Lipinski definition) is 3. The number of nitrogens with one attached hydrogen (secondary N) is 1. The van der Waals surface area contributed by atoms with Crippen molar-refractivity contribution in [1.29, 1.82) is 0 Å². The van der Waals surface area contributed by atoms with E-state index in [-0.39, 0.29) is 5.69 Å². The van der Waals surface area contributed by atoms with Gasteiger partial charge in [-0.1, -0.05) is 11.6 Å². The molecule has 0 atom stereocenters. The van der Waals surface area contributed by atoms with E-state index in [1.165, 1.54) is 19.2 Å². The fraction of sp³-hybridized carbons (Fsp3) is 0.188. The van der Waals surface area contributed by atoms with Crippen molar-refractivity contribution < 1.29 is 31.8 Å². The van der Waals surface area contributed by atoms with E-state index in [2.05, 4.69) is 5.32 Å². The lowest BCUT2D eigenvalue weighted by Gasteiger charge is -2.13. The van der Waals surface area contributed by atoms with Crippen LogP contribution in [-0.4, -0.2) is 19.6 Å². The van der Waals surface area contributed by atoms with Crippen molar-refractivity contribution >= 4 is 23.2 Å². The van der Waals surface area contributed by atoms with Crippen molar-refractivity contribution in [1.82, 2.24) is 0 Å². The van der Waals surface area contributed by atoms with Crippen molar-refractivity contribution in [2.24, 2.45) is 0 Å². The van der Waals surface area contributed by atoms with Crippen LogP contribution in [-0.2, 0) is 11.0 Å². The van der Waals surface area contributed by atoms with E-state index in [4.69, 9.17) is 21.1 Å². The van der Waals surface area contributed by atoms with Crippen LogP contribution in [0.25, 0.3) is 0 Å². The molecule has 25 heavy (non-hydrogen) atoms. The summed E-state index contributed by atoms with van der Waals surface area (Å²) in [5, 5.41) is 2.75. The molecule has 9 heteroatoms. The second-order valence-electron chi connectivity index (χ2n) is 4.82. The summed E-state index contributed by atoms with van der Waals surface area (Å²) < 4.78 is 61.3. The second-order valence-corrected chi connectivity index (χ2v) is 5.26. The van der Waals surface area contributed by atoms with Gasteiger partial charge in [0.1, 0.15) is 5.75 Å². The Bertz CT molecular complexity index is 780. The zero-order chi connectivity index (χ0) is 18.6. The molecule has 0 spiro atoms. The van der Waals surface area contributed by atoms with Crippen LogP contribution < -0.4 is 14.8 Å². The van der Waals surface area contributed by atoms with Gasteiger partial charge in [0.2, 0.25) is 0 Å².